The van der Waals surface area contributed by atoms with Crippen LogP contribution in [0.25, 0.3) is 0 Å². The average Bonchev–Trinajstić information content (AvgIpc) is 2.67. The standard InChI is InChI=1S/C14H21ClN2O2/c1-4-5-14(19)8-16(9-14)13(18)12-6-11(15)7-17(12)10(2)3/h6-7,10,19H,4-5,8-9H2,1-3H3. The molecule has 0 aromatic carbocycles. The molecule has 1 saturated heterocycles. The van der Waals surface area contributed by atoms with Gasteiger partial charge in [0.1, 0.15) is 5.69 Å². The van der Waals surface area contributed by atoms with E-state index < -0.39 is 5.60 Å². The molecule has 0 spiro atoms. The van der Waals surface area contributed by atoms with Gasteiger partial charge in [0.05, 0.1) is 23.7 Å². The van der Waals surface area contributed by atoms with Gasteiger partial charge in [-0.3, -0.25) is 4.79 Å². The number of hydrogen-bond donors (Lipinski definition) is 1. The van der Waals surface area contributed by atoms with E-state index in [-0.39, 0.29) is 11.9 Å². The number of carbonyl (C=O) groups excluding carboxylic acids is 1. The Balaban J connectivity index is 2.10. The molecular weight excluding hydrogens is 264 g/mol. The van der Waals surface area contributed by atoms with Crippen molar-refractivity contribution in [1.82, 2.24) is 9.47 Å². The van der Waals surface area contributed by atoms with Crippen LogP contribution < -0.4 is 0 Å². The summed E-state index contributed by atoms with van der Waals surface area (Å²) in [5.74, 6) is -0.0543. The van der Waals surface area contributed by atoms with Crippen LogP contribution in [0.15, 0.2) is 12.3 Å². The average molecular weight is 285 g/mol. The van der Waals surface area contributed by atoms with Crippen molar-refractivity contribution in [2.75, 3.05) is 13.1 Å². The van der Waals surface area contributed by atoms with Gasteiger partial charge in [-0.25, -0.2) is 0 Å². The van der Waals surface area contributed by atoms with Gasteiger partial charge in [0, 0.05) is 12.2 Å². The summed E-state index contributed by atoms with van der Waals surface area (Å²) in [6.45, 7) is 6.89. The zero-order valence-electron chi connectivity index (χ0n) is 11.7. The molecule has 106 valence electrons. The SMILES string of the molecule is CCCC1(O)CN(C(=O)c2cc(Cl)cn2C(C)C)C1. The summed E-state index contributed by atoms with van der Waals surface area (Å²) in [5.41, 5.74) is -0.0951. The molecule has 0 radical (unpaired) electrons. The van der Waals surface area contributed by atoms with E-state index in [0.29, 0.717) is 23.8 Å². The fraction of sp³-hybridized carbons (Fsp3) is 0.643. The number of nitrogens with zero attached hydrogens (tertiary/aromatic N) is 2. The number of aromatic nitrogens is 1. The maximum absolute atomic E-state index is 12.4. The first-order chi connectivity index (χ1) is 8.86. The fourth-order valence-electron chi connectivity index (χ4n) is 2.64. The fourth-order valence-corrected chi connectivity index (χ4v) is 2.85. The summed E-state index contributed by atoms with van der Waals surface area (Å²) in [7, 11) is 0. The highest BCUT2D eigenvalue weighted by Crippen LogP contribution is 2.29. The first-order valence-electron chi connectivity index (χ1n) is 6.75. The zero-order valence-corrected chi connectivity index (χ0v) is 12.4. The van der Waals surface area contributed by atoms with Crippen LogP contribution in [0.2, 0.25) is 5.02 Å². The summed E-state index contributed by atoms with van der Waals surface area (Å²) >= 11 is 5.98. The summed E-state index contributed by atoms with van der Waals surface area (Å²) in [6, 6.07) is 1.88. The van der Waals surface area contributed by atoms with Crippen molar-refractivity contribution in [1.29, 1.82) is 0 Å². The van der Waals surface area contributed by atoms with Crippen LogP contribution >= 0.6 is 11.6 Å². The Morgan fingerprint density at radius 1 is 1.53 bits per heavy atom. The molecule has 1 aromatic heterocycles. The molecule has 1 aliphatic heterocycles. The molecule has 2 heterocycles. The number of amides is 1. The van der Waals surface area contributed by atoms with Crippen molar-refractivity contribution in [2.45, 2.75) is 45.3 Å². The lowest BCUT2D eigenvalue weighted by atomic mass is 9.89. The molecular formula is C14H21ClN2O2. The molecule has 0 saturated carbocycles. The first-order valence-corrected chi connectivity index (χ1v) is 7.13. The zero-order chi connectivity index (χ0) is 14.2. The van der Waals surface area contributed by atoms with Gasteiger partial charge in [-0.1, -0.05) is 24.9 Å². The monoisotopic (exact) mass is 284 g/mol. The molecule has 1 amide bonds. The minimum Gasteiger partial charge on any atom is -0.386 e. The van der Waals surface area contributed by atoms with Crippen LogP contribution in [0.1, 0.15) is 50.1 Å². The van der Waals surface area contributed by atoms with Crippen LogP contribution in [-0.4, -0.2) is 39.2 Å². The third-order valence-electron chi connectivity index (χ3n) is 3.56. The van der Waals surface area contributed by atoms with Crippen molar-refractivity contribution in [3.05, 3.63) is 23.0 Å². The number of hydrogen-bond acceptors (Lipinski definition) is 2. The van der Waals surface area contributed by atoms with E-state index in [1.807, 2.05) is 25.3 Å². The quantitative estimate of drug-likeness (QED) is 0.924. The maximum Gasteiger partial charge on any atom is 0.270 e. The highest BCUT2D eigenvalue weighted by molar-refractivity contribution is 6.31. The normalized spacial score (nSPS) is 17.7. The Kier molecular flexibility index (Phi) is 3.92. The van der Waals surface area contributed by atoms with Crippen LogP contribution in [0.4, 0.5) is 0 Å². The summed E-state index contributed by atoms with van der Waals surface area (Å²) in [4.78, 5) is 14.1. The molecule has 5 heteroatoms. The molecule has 1 aliphatic rings. The molecule has 0 atom stereocenters. The number of rotatable bonds is 4. The molecule has 0 unspecified atom stereocenters. The summed E-state index contributed by atoms with van der Waals surface area (Å²) in [6.07, 6.45) is 3.44. The van der Waals surface area contributed by atoms with E-state index in [1.54, 1.807) is 17.2 Å². The third kappa shape index (κ3) is 2.79. The van der Waals surface area contributed by atoms with Gasteiger partial charge in [0.2, 0.25) is 0 Å². The predicted molar refractivity (Wildman–Crippen MR) is 75.6 cm³/mol. The molecule has 1 N–H and O–H groups in total. The van der Waals surface area contributed by atoms with E-state index in [4.69, 9.17) is 11.6 Å². The second kappa shape index (κ2) is 5.17. The predicted octanol–water partition coefficient (Wildman–Crippen LogP) is 2.71. The van der Waals surface area contributed by atoms with E-state index in [2.05, 4.69) is 0 Å². The third-order valence-corrected chi connectivity index (χ3v) is 3.77. The molecule has 19 heavy (non-hydrogen) atoms. The topological polar surface area (TPSA) is 45.5 Å². The number of likely N-dealkylation sites (tertiary alicyclic amines) is 1. The Morgan fingerprint density at radius 2 is 2.16 bits per heavy atom. The first kappa shape index (κ1) is 14.4. The lowest BCUT2D eigenvalue weighted by Gasteiger charge is -2.46. The van der Waals surface area contributed by atoms with Gasteiger partial charge in [-0.15, -0.1) is 0 Å². The van der Waals surface area contributed by atoms with Crippen molar-refractivity contribution in [3.63, 3.8) is 0 Å². The Bertz CT molecular complexity index is 476. The number of halogens is 1. The highest BCUT2D eigenvalue weighted by Gasteiger charge is 2.43. The molecule has 1 aromatic rings. The molecule has 2 rings (SSSR count). The summed E-state index contributed by atoms with van der Waals surface area (Å²) < 4.78 is 1.88. The number of carbonyl (C=O) groups is 1. The Hall–Kier alpha value is -1.00. The van der Waals surface area contributed by atoms with E-state index >= 15 is 0 Å². The molecule has 0 bridgehead atoms. The Labute approximate surface area is 119 Å². The van der Waals surface area contributed by atoms with Crippen molar-refractivity contribution in [3.8, 4) is 0 Å². The molecule has 1 fully saturated rings. The van der Waals surface area contributed by atoms with Crippen molar-refractivity contribution >= 4 is 17.5 Å². The van der Waals surface area contributed by atoms with Gasteiger partial charge in [0.15, 0.2) is 0 Å². The van der Waals surface area contributed by atoms with Gasteiger partial charge in [0.25, 0.3) is 5.91 Å². The van der Waals surface area contributed by atoms with Crippen LogP contribution in [-0.2, 0) is 0 Å². The van der Waals surface area contributed by atoms with Gasteiger partial charge in [-0.05, 0) is 26.3 Å². The number of aliphatic hydroxyl groups is 1. The van der Waals surface area contributed by atoms with Crippen LogP contribution in [0.3, 0.4) is 0 Å². The minimum atomic E-state index is -0.691. The molecule has 0 aliphatic carbocycles. The lowest BCUT2D eigenvalue weighted by molar-refractivity contribution is -0.0863. The minimum absolute atomic E-state index is 0.0543. The van der Waals surface area contributed by atoms with Crippen LogP contribution in [0, 0.1) is 0 Å². The lowest BCUT2D eigenvalue weighted by Crippen LogP contribution is -2.63. The van der Waals surface area contributed by atoms with Gasteiger partial charge >= 0.3 is 0 Å². The highest BCUT2D eigenvalue weighted by atomic mass is 35.5. The van der Waals surface area contributed by atoms with E-state index in [1.165, 1.54) is 0 Å². The smallest absolute Gasteiger partial charge is 0.270 e. The number of β-amino-alcohol motifs (C(OH)–C–C–N with tert-alkyl or cyclic N) is 1. The second-order valence-corrected chi connectivity index (χ2v) is 6.12. The van der Waals surface area contributed by atoms with E-state index in [9.17, 15) is 9.90 Å². The maximum atomic E-state index is 12.4. The van der Waals surface area contributed by atoms with Gasteiger partial charge < -0.3 is 14.6 Å². The largest absolute Gasteiger partial charge is 0.386 e. The Morgan fingerprint density at radius 3 is 2.68 bits per heavy atom. The summed E-state index contributed by atoms with van der Waals surface area (Å²) in [5, 5.41) is 10.7. The van der Waals surface area contributed by atoms with Crippen LogP contribution in [0.5, 0.6) is 0 Å². The second-order valence-electron chi connectivity index (χ2n) is 5.68. The van der Waals surface area contributed by atoms with Gasteiger partial charge in [-0.2, -0.15) is 0 Å². The van der Waals surface area contributed by atoms with E-state index in [0.717, 1.165) is 12.8 Å². The van der Waals surface area contributed by atoms with Crippen molar-refractivity contribution in [2.24, 2.45) is 0 Å². The van der Waals surface area contributed by atoms with Crippen molar-refractivity contribution < 1.29 is 9.90 Å². The molecule has 4 nitrogen and oxygen atoms in total.